The van der Waals surface area contributed by atoms with Crippen molar-refractivity contribution in [2.24, 2.45) is 0 Å². The summed E-state index contributed by atoms with van der Waals surface area (Å²) in [6.45, 7) is 6.84. The minimum atomic E-state index is 0.184. The van der Waals surface area contributed by atoms with Gasteiger partial charge in [-0.2, -0.15) is 5.10 Å². The van der Waals surface area contributed by atoms with Crippen molar-refractivity contribution in [3.8, 4) is 28.2 Å². The molecule has 266 valence electrons. The van der Waals surface area contributed by atoms with Crippen LogP contribution in [0.15, 0.2) is 134 Å². The molecule has 0 radical (unpaired) electrons. The maximum atomic E-state index is 4.73. The van der Waals surface area contributed by atoms with E-state index in [-0.39, 0.29) is 13.4 Å². The molecule has 8 aromatic rings. The Labute approximate surface area is 323 Å². The second-order valence-electron chi connectivity index (χ2n) is 15.4. The van der Waals surface area contributed by atoms with Gasteiger partial charge >= 0.3 is 0 Å². The number of rotatable bonds is 9. The lowest BCUT2D eigenvalue weighted by Gasteiger charge is -2.16. The summed E-state index contributed by atoms with van der Waals surface area (Å²) in [6, 6.07) is 45.7. The van der Waals surface area contributed by atoms with Crippen LogP contribution in [0.3, 0.4) is 0 Å². The van der Waals surface area contributed by atoms with Gasteiger partial charge in [-0.3, -0.25) is 4.57 Å². The molecular formula is C47H42B2N6. The van der Waals surface area contributed by atoms with Crippen LogP contribution in [0.25, 0.3) is 50.0 Å². The van der Waals surface area contributed by atoms with E-state index in [0.29, 0.717) is 17.8 Å². The Morgan fingerprint density at radius 3 is 1.45 bits per heavy atom. The van der Waals surface area contributed by atoms with Crippen molar-refractivity contribution in [1.82, 2.24) is 30.4 Å². The summed E-state index contributed by atoms with van der Waals surface area (Å²) in [5.74, 6) is 1.26. The Kier molecular flexibility index (Phi) is 8.27. The van der Waals surface area contributed by atoms with Crippen LogP contribution in [0, 0.1) is 0 Å². The molecule has 55 heavy (non-hydrogen) atoms. The fourth-order valence-electron chi connectivity index (χ4n) is 9.58. The summed E-state index contributed by atoms with van der Waals surface area (Å²) >= 11 is 0. The summed E-state index contributed by atoms with van der Waals surface area (Å²) in [6.07, 6.45) is 3.37. The van der Waals surface area contributed by atoms with Crippen molar-refractivity contribution < 1.29 is 0 Å². The fourth-order valence-corrected chi connectivity index (χ4v) is 9.58. The zero-order chi connectivity index (χ0) is 37.2. The van der Waals surface area contributed by atoms with Crippen LogP contribution in [0.2, 0.25) is 13.6 Å². The van der Waals surface area contributed by atoms with Gasteiger partial charge in [-0.1, -0.05) is 145 Å². The van der Waals surface area contributed by atoms with Crippen molar-refractivity contribution in [2.75, 3.05) is 27.2 Å². The minimum Gasteiger partial charge on any atom is -0.319 e. The fraction of sp³-hybridized carbons (Fsp3) is 0.170. The Morgan fingerprint density at radius 1 is 0.527 bits per heavy atom. The molecule has 2 unspecified atom stereocenters. The third kappa shape index (κ3) is 5.38. The zero-order valence-electron chi connectivity index (χ0n) is 31.7. The standard InChI is InChI=1S/C47H42B2N6/c1-48(29-13-17-37-33-9-5-7-11-35(33)43(27-50-3)41(37)23-29)31-15-19-39-40-20-16-32(26-46(40)55(45(39)25-31)47-52-21-22-53-54-47)49(2)30-14-18-38-34-10-6-8-12-36(34)44(28-51-4)42(38)24-30/h5-26,43-44,50-51H,27-28H2,1-4H3. The molecule has 2 aromatic heterocycles. The molecule has 0 bridgehead atoms. The molecule has 0 spiro atoms. The number of benzene rings is 6. The molecule has 2 N–H and O–H groups in total. The summed E-state index contributed by atoms with van der Waals surface area (Å²) < 4.78 is 2.20. The van der Waals surface area contributed by atoms with E-state index in [1.54, 1.807) is 12.4 Å². The quantitative estimate of drug-likeness (QED) is 0.177. The molecule has 2 aliphatic rings. The predicted molar refractivity (Wildman–Crippen MR) is 231 cm³/mol. The Hall–Kier alpha value is -5.82. The smallest absolute Gasteiger partial charge is 0.254 e. The Morgan fingerprint density at radius 2 is 0.982 bits per heavy atom. The number of hydrogen-bond acceptors (Lipinski definition) is 5. The van der Waals surface area contributed by atoms with E-state index in [4.69, 9.17) is 4.98 Å². The van der Waals surface area contributed by atoms with E-state index < -0.39 is 0 Å². The SMILES string of the molecule is CNCC1c2ccccc2-c2ccc(B(C)c3ccc4c5ccc(B(C)c6ccc7c(c6)C(CNC)c6ccccc6-7)cc5n(-c5nccnn5)c4c3)cc21. The topological polar surface area (TPSA) is 67.7 Å². The maximum Gasteiger partial charge on any atom is 0.254 e. The van der Waals surface area contributed by atoms with Crippen LogP contribution in [-0.2, 0) is 0 Å². The number of fused-ring (bicyclic) bond motifs is 9. The van der Waals surface area contributed by atoms with Gasteiger partial charge in [-0.05, 0) is 70.7 Å². The molecule has 10 rings (SSSR count). The van der Waals surface area contributed by atoms with Crippen molar-refractivity contribution in [3.63, 3.8) is 0 Å². The molecule has 2 heterocycles. The summed E-state index contributed by atoms with van der Waals surface area (Å²) in [7, 11) is 4.09. The van der Waals surface area contributed by atoms with Crippen molar-refractivity contribution >= 4 is 57.1 Å². The van der Waals surface area contributed by atoms with Gasteiger partial charge in [0.25, 0.3) is 5.95 Å². The van der Waals surface area contributed by atoms with Gasteiger partial charge in [0.2, 0.25) is 13.4 Å². The highest BCUT2D eigenvalue weighted by molar-refractivity contribution is 6.84. The summed E-state index contributed by atoms with van der Waals surface area (Å²) in [5, 5.41) is 18.1. The normalized spacial score (nSPS) is 15.2. The molecule has 0 saturated heterocycles. The average molecular weight is 713 g/mol. The number of nitrogens with zero attached hydrogens (tertiary/aromatic N) is 4. The number of aromatic nitrogens is 4. The molecule has 6 nitrogen and oxygen atoms in total. The highest BCUT2D eigenvalue weighted by Gasteiger charge is 2.31. The van der Waals surface area contributed by atoms with E-state index in [1.807, 2.05) is 14.1 Å². The lowest BCUT2D eigenvalue weighted by Crippen LogP contribution is -2.39. The van der Waals surface area contributed by atoms with Gasteiger partial charge in [-0.15, -0.1) is 5.10 Å². The average Bonchev–Trinajstić information content (AvgIpc) is 3.85. The lowest BCUT2D eigenvalue weighted by atomic mass is 9.42. The Bertz CT molecular complexity index is 2590. The lowest BCUT2D eigenvalue weighted by molar-refractivity contribution is 0.720. The number of nitrogens with one attached hydrogen (secondary N) is 2. The summed E-state index contributed by atoms with van der Waals surface area (Å²) in [5.41, 5.74) is 18.4. The van der Waals surface area contributed by atoms with Gasteiger partial charge in [-0.25, -0.2) is 4.98 Å². The molecule has 2 atom stereocenters. The van der Waals surface area contributed by atoms with Crippen LogP contribution < -0.4 is 32.5 Å². The van der Waals surface area contributed by atoms with Gasteiger partial charge in [0.1, 0.15) is 0 Å². The van der Waals surface area contributed by atoms with E-state index >= 15 is 0 Å². The summed E-state index contributed by atoms with van der Waals surface area (Å²) in [4.78, 5) is 4.73. The first-order valence-electron chi connectivity index (χ1n) is 19.5. The van der Waals surface area contributed by atoms with Crippen molar-refractivity contribution in [1.29, 1.82) is 0 Å². The molecular weight excluding hydrogens is 670 g/mol. The van der Waals surface area contributed by atoms with Crippen LogP contribution in [-0.4, -0.2) is 60.4 Å². The van der Waals surface area contributed by atoms with Crippen molar-refractivity contribution in [3.05, 3.63) is 156 Å². The van der Waals surface area contributed by atoms with Gasteiger partial charge in [0.05, 0.1) is 23.4 Å². The third-order valence-electron chi connectivity index (χ3n) is 12.5. The van der Waals surface area contributed by atoms with Gasteiger partial charge < -0.3 is 10.6 Å². The number of likely N-dealkylation sites (N-methyl/N-ethyl adjacent to an activating group) is 2. The number of hydrogen-bond donors (Lipinski definition) is 2. The minimum absolute atomic E-state index is 0.184. The van der Waals surface area contributed by atoms with E-state index in [1.165, 1.54) is 77.1 Å². The maximum absolute atomic E-state index is 4.73. The second kappa shape index (κ2) is 13.5. The van der Waals surface area contributed by atoms with E-state index in [2.05, 4.69) is 160 Å². The monoisotopic (exact) mass is 712 g/mol. The predicted octanol–water partition coefficient (Wildman–Crippen LogP) is 6.11. The molecule has 0 fully saturated rings. The molecule has 6 aromatic carbocycles. The molecule has 8 heteroatoms. The van der Waals surface area contributed by atoms with Crippen LogP contribution in [0.5, 0.6) is 0 Å². The molecule has 0 saturated carbocycles. The first-order chi connectivity index (χ1) is 27.0. The largest absolute Gasteiger partial charge is 0.319 e. The molecule has 0 amide bonds. The van der Waals surface area contributed by atoms with E-state index in [9.17, 15) is 0 Å². The molecule has 2 aliphatic carbocycles. The first-order valence-corrected chi connectivity index (χ1v) is 19.5. The van der Waals surface area contributed by atoms with Crippen LogP contribution in [0.4, 0.5) is 0 Å². The first kappa shape index (κ1) is 33.7. The van der Waals surface area contributed by atoms with Crippen LogP contribution in [0.1, 0.15) is 34.1 Å². The van der Waals surface area contributed by atoms with E-state index in [0.717, 1.165) is 24.1 Å². The van der Waals surface area contributed by atoms with Crippen molar-refractivity contribution in [2.45, 2.75) is 25.5 Å². The highest BCUT2D eigenvalue weighted by Crippen LogP contribution is 2.45. The van der Waals surface area contributed by atoms with Gasteiger partial charge in [0, 0.05) is 35.7 Å². The Balaban J connectivity index is 1.05. The zero-order valence-corrected chi connectivity index (χ0v) is 31.7. The second-order valence-corrected chi connectivity index (χ2v) is 15.4. The van der Waals surface area contributed by atoms with Crippen LogP contribution >= 0.6 is 0 Å². The van der Waals surface area contributed by atoms with Gasteiger partial charge in [0.15, 0.2) is 0 Å². The molecule has 0 aliphatic heterocycles. The third-order valence-corrected chi connectivity index (χ3v) is 12.5. The highest BCUT2D eigenvalue weighted by atomic mass is 15.3.